The summed E-state index contributed by atoms with van der Waals surface area (Å²) in [6.45, 7) is 4.21. The predicted molar refractivity (Wildman–Crippen MR) is 169 cm³/mol. The summed E-state index contributed by atoms with van der Waals surface area (Å²) < 4.78 is 54.9. The van der Waals surface area contributed by atoms with Gasteiger partial charge in [0.1, 0.15) is 18.2 Å². The quantitative estimate of drug-likeness (QED) is 0.0753. The smallest absolute Gasteiger partial charge is 0.406 e. The molecule has 0 bridgehead atoms. The highest BCUT2D eigenvalue weighted by molar-refractivity contribution is 5.90. The van der Waals surface area contributed by atoms with E-state index >= 15 is 0 Å². The van der Waals surface area contributed by atoms with E-state index in [0.29, 0.717) is 36.4 Å². The Bertz CT molecular complexity index is 1340. The van der Waals surface area contributed by atoms with Crippen molar-refractivity contribution in [3.8, 4) is 5.75 Å². The first-order valence-electron chi connectivity index (χ1n) is 15.4. The molecule has 1 unspecified atom stereocenters. The largest absolute Gasteiger partial charge is 0.573 e. The Labute approximate surface area is 266 Å². The van der Waals surface area contributed by atoms with Gasteiger partial charge in [-0.3, -0.25) is 19.4 Å². The molecule has 0 spiro atoms. The number of amides is 1. The third-order valence-corrected chi connectivity index (χ3v) is 6.84. The van der Waals surface area contributed by atoms with Crippen molar-refractivity contribution >= 4 is 24.1 Å². The van der Waals surface area contributed by atoms with E-state index in [2.05, 4.69) is 25.6 Å². The first kappa shape index (κ1) is 38.1. The first-order chi connectivity index (χ1) is 21.9. The van der Waals surface area contributed by atoms with Crippen molar-refractivity contribution < 1.29 is 31.9 Å². The van der Waals surface area contributed by atoms with Crippen LogP contribution in [0, 0.1) is 5.92 Å². The molecular formula is C32H44F4N6O4. The number of allylic oxidation sites excluding steroid dienone is 1. The number of nitrogens with zero attached hydrogens (tertiary/aromatic N) is 4. The maximum Gasteiger partial charge on any atom is 0.573 e. The second kappa shape index (κ2) is 20.1. The number of ether oxygens (including phenoxy) is 1. The van der Waals surface area contributed by atoms with E-state index in [9.17, 15) is 31.9 Å². The van der Waals surface area contributed by atoms with Crippen LogP contribution in [0.15, 0.2) is 58.2 Å². The topological polar surface area (TPSA) is 118 Å². The molecule has 1 aliphatic rings. The molecule has 1 aliphatic carbocycles. The van der Waals surface area contributed by atoms with Gasteiger partial charge in [-0.05, 0) is 56.8 Å². The van der Waals surface area contributed by atoms with Crippen LogP contribution in [0.4, 0.5) is 23.2 Å². The van der Waals surface area contributed by atoms with Crippen LogP contribution in [-0.2, 0) is 22.7 Å². The summed E-state index contributed by atoms with van der Waals surface area (Å²) in [5.74, 6) is 0.119. The molecule has 46 heavy (non-hydrogen) atoms. The average Bonchev–Trinajstić information content (AvgIpc) is 3.49. The number of anilines is 1. The molecule has 1 aromatic carbocycles. The lowest BCUT2D eigenvalue weighted by atomic mass is 10.0. The number of carbonyl (C=O) groups excluding carboxylic acids is 2. The monoisotopic (exact) mass is 652 g/mol. The van der Waals surface area contributed by atoms with E-state index in [0.717, 1.165) is 31.2 Å². The predicted octanol–water partition coefficient (Wildman–Crippen LogP) is 5.99. The van der Waals surface area contributed by atoms with Crippen LogP contribution in [-0.4, -0.2) is 59.3 Å². The molecule has 1 amide bonds. The first-order valence-corrected chi connectivity index (χ1v) is 15.4. The number of hydrazone groups is 1. The summed E-state index contributed by atoms with van der Waals surface area (Å²) in [6.07, 6.45) is 6.06. The van der Waals surface area contributed by atoms with Gasteiger partial charge in [0.25, 0.3) is 5.56 Å². The van der Waals surface area contributed by atoms with Crippen LogP contribution in [0.1, 0.15) is 70.8 Å². The standard InChI is InChI=1S/C23H34FN5O3.C9H10F3NO/c1-3-4-10-25-28(15-18(2)17-30)16-20(24)9-11-29-23(32)13-21(14-26-29)27-22(31)12-19-7-5-6-8-19;1-13-6-7-3-2-4-8(5-7)14-9(10,11)12/h10,13-15,17,19-20H,3-9,11-12,16H2,1-2H3,(H,27,31);2-5,13H,6H2,1H3/b18-15+,25-10+;. The van der Waals surface area contributed by atoms with Crippen molar-refractivity contribution in [1.29, 1.82) is 0 Å². The summed E-state index contributed by atoms with van der Waals surface area (Å²) in [5, 5.41) is 15.2. The zero-order valence-corrected chi connectivity index (χ0v) is 26.6. The number of halogens is 4. The number of carbonyl (C=O) groups is 2. The van der Waals surface area contributed by atoms with Gasteiger partial charge in [0, 0.05) is 50.0 Å². The summed E-state index contributed by atoms with van der Waals surface area (Å²) in [7, 11) is 1.72. The van der Waals surface area contributed by atoms with Crippen LogP contribution in [0.5, 0.6) is 5.75 Å². The molecule has 1 saturated carbocycles. The fraction of sp³-hybridized carbons (Fsp3) is 0.531. The van der Waals surface area contributed by atoms with E-state index < -0.39 is 18.1 Å². The zero-order valence-electron chi connectivity index (χ0n) is 26.6. The van der Waals surface area contributed by atoms with Gasteiger partial charge in [-0.15, -0.1) is 13.2 Å². The number of aromatic nitrogens is 2. The van der Waals surface area contributed by atoms with Crippen LogP contribution in [0.25, 0.3) is 0 Å². The summed E-state index contributed by atoms with van der Waals surface area (Å²) in [5.41, 5.74) is 1.14. The number of alkyl halides is 4. The van der Waals surface area contributed by atoms with Crippen molar-refractivity contribution in [3.63, 3.8) is 0 Å². The lowest BCUT2D eigenvalue weighted by Crippen LogP contribution is -2.28. The number of aryl methyl sites for hydroxylation is 1. The van der Waals surface area contributed by atoms with Gasteiger partial charge in [-0.1, -0.05) is 38.3 Å². The fourth-order valence-corrected chi connectivity index (χ4v) is 4.66. The Morgan fingerprint density at radius 3 is 2.63 bits per heavy atom. The molecule has 0 aliphatic heterocycles. The SMILES string of the molecule is CCC/C=N/N(/C=C(\C)C=O)CC(F)CCn1ncc(NC(=O)CC2CCCC2)cc1=O.CNCc1cccc(OC(F)(F)F)c1. The molecule has 2 N–H and O–H groups in total. The van der Waals surface area contributed by atoms with Gasteiger partial charge >= 0.3 is 6.36 Å². The molecule has 14 heteroatoms. The number of aldehydes is 1. The Hall–Kier alpha value is -4.07. The number of rotatable bonds is 16. The van der Waals surface area contributed by atoms with Crippen molar-refractivity contribution in [3.05, 3.63) is 64.2 Å². The maximum absolute atomic E-state index is 14.5. The highest BCUT2D eigenvalue weighted by Crippen LogP contribution is 2.27. The molecule has 1 atom stereocenters. The molecule has 2 aromatic rings. The molecule has 3 rings (SSSR count). The van der Waals surface area contributed by atoms with Gasteiger partial charge < -0.3 is 15.4 Å². The minimum atomic E-state index is -4.63. The van der Waals surface area contributed by atoms with Gasteiger partial charge in [-0.2, -0.15) is 10.2 Å². The van der Waals surface area contributed by atoms with Gasteiger partial charge in [0.2, 0.25) is 5.91 Å². The van der Waals surface area contributed by atoms with Crippen molar-refractivity contribution in [2.45, 2.75) is 90.8 Å². The van der Waals surface area contributed by atoms with Crippen LogP contribution >= 0.6 is 0 Å². The van der Waals surface area contributed by atoms with E-state index in [4.69, 9.17) is 0 Å². The third kappa shape index (κ3) is 15.8. The Kier molecular flexibility index (Phi) is 16.7. The number of benzene rings is 1. The normalized spacial score (nSPS) is 14.5. The van der Waals surface area contributed by atoms with Crippen molar-refractivity contribution in [2.75, 3.05) is 18.9 Å². The Morgan fingerprint density at radius 2 is 2.00 bits per heavy atom. The van der Waals surface area contributed by atoms with Gasteiger partial charge in [0.05, 0.1) is 18.4 Å². The highest BCUT2D eigenvalue weighted by Gasteiger charge is 2.31. The molecular weight excluding hydrogens is 608 g/mol. The Morgan fingerprint density at radius 1 is 1.26 bits per heavy atom. The number of hydrogen-bond acceptors (Lipinski definition) is 8. The lowest BCUT2D eigenvalue weighted by molar-refractivity contribution is -0.274. The maximum atomic E-state index is 14.5. The zero-order chi connectivity index (χ0) is 34.0. The molecule has 254 valence electrons. The highest BCUT2D eigenvalue weighted by atomic mass is 19.4. The van der Waals surface area contributed by atoms with Crippen molar-refractivity contribution in [2.24, 2.45) is 11.0 Å². The van der Waals surface area contributed by atoms with Crippen LogP contribution in [0.3, 0.4) is 0 Å². The van der Waals surface area contributed by atoms with Crippen molar-refractivity contribution in [1.82, 2.24) is 20.1 Å². The molecule has 0 radical (unpaired) electrons. The third-order valence-electron chi connectivity index (χ3n) is 6.84. The van der Waals surface area contributed by atoms with E-state index in [1.807, 2.05) is 6.92 Å². The summed E-state index contributed by atoms with van der Waals surface area (Å²) in [4.78, 5) is 35.3. The minimum Gasteiger partial charge on any atom is -0.406 e. The van der Waals surface area contributed by atoms with Gasteiger partial charge in [0.15, 0.2) is 0 Å². The molecule has 0 saturated heterocycles. The lowest BCUT2D eigenvalue weighted by Gasteiger charge is -2.18. The van der Waals surface area contributed by atoms with E-state index in [1.54, 1.807) is 26.3 Å². The van der Waals surface area contributed by atoms with E-state index in [1.165, 1.54) is 59.2 Å². The minimum absolute atomic E-state index is 0.0323. The molecule has 1 aromatic heterocycles. The van der Waals surface area contributed by atoms with E-state index in [-0.39, 0.29) is 31.2 Å². The van der Waals surface area contributed by atoms with Crippen LogP contribution < -0.4 is 20.9 Å². The number of nitrogens with one attached hydrogen (secondary N) is 2. The molecule has 10 nitrogen and oxygen atoms in total. The second-order valence-electron chi connectivity index (χ2n) is 11.0. The number of unbranched alkanes of at least 4 members (excludes halogenated alkanes) is 1. The average molecular weight is 653 g/mol. The fourth-order valence-electron chi connectivity index (χ4n) is 4.66. The van der Waals surface area contributed by atoms with Gasteiger partial charge in [-0.25, -0.2) is 9.07 Å². The number of hydrogen-bond donors (Lipinski definition) is 2. The Balaban J connectivity index is 0.000000438. The van der Waals surface area contributed by atoms with Crippen LogP contribution in [0.2, 0.25) is 0 Å². The second-order valence-corrected chi connectivity index (χ2v) is 11.0. The summed E-state index contributed by atoms with van der Waals surface area (Å²) in [6, 6.07) is 7.18. The summed E-state index contributed by atoms with van der Waals surface area (Å²) >= 11 is 0. The molecule has 1 heterocycles. The molecule has 1 fully saturated rings.